The van der Waals surface area contributed by atoms with E-state index in [2.05, 4.69) is 47.0 Å². The molecule has 0 fully saturated rings. The summed E-state index contributed by atoms with van der Waals surface area (Å²) in [5.41, 5.74) is 4.41. The van der Waals surface area contributed by atoms with Crippen LogP contribution in [0.5, 0.6) is 0 Å². The minimum Gasteiger partial charge on any atom is -0.369 e. The SMILES string of the molecule is C=Cc1ccc(C2=CC3C=CNC3N=C2C)[nH]1. The molecule has 1 aromatic heterocycles. The molecule has 2 N–H and O–H groups in total. The predicted octanol–water partition coefficient (Wildman–Crippen LogP) is 2.57. The normalized spacial score (nSPS) is 25.9. The second kappa shape index (κ2) is 3.77. The van der Waals surface area contributed by atoms with Crippen molar-refractivity contribution in [1.82, 2.24) is 10.3 Å². The van der Waals surface area contributed by atoms with E-state index in [4.69, 9.17) is 0 Å². The van der Waals surface area contributed by atoms with Crippen molar-refractivity contribution in [2.75, 3.05) is 0 Å². The zero-order valence-electron chi connectivity index (χ0n) is 9.77. The minimum atomic E-state index is 0.188. The number of hydrogen-bond acceptors (Lipinski definition) is 2. The summed E-state index contributed by atoms with van der Waals surface area (Å²) in [5.74, 6) is 0.365. The van der Waals surface area contributed by atoms with Crippen LogP contribution in [0.3, 0.4) is 0 Å². The number of aromatic amines is 1. The number of nitrogens with zero attached hydrogens (tertiary/aromatic N) is 1. The molecule has 3 heterocycles. The molecule has 3 rings (SSSR count). The van der Waals surface area contributed by atoms with Crippen molar-refractivity contribution in [3.63, 3.8) is 0 Å². The Balaban J connectivity index is 1.99. The van der Waals surface area contributed by atoms with Crippen molar-refractivity contribution < 1.29 is 0 Å². The number of hydrogen-bond donors (Lipinski definition) is 2. The molecule has 3 heteroatoms. The van der Waals surface area contributed by atoms with Gasteiger partial charge in [-0.15, -0.1) is 0 Å². The number of allylic oxidation sites excluding steroid dienone is 1. The molecule has 1 aromatic rings. The molecule has 0 bridgehead atoms. The summed E-state index contributed by atoms with van der Waals surface area (Å²) in [4.78, 5) is 8.00. The van der Waals surface area contributed by atoms with Gasteiger partial charge in [-0.3, -0.25) is 4.99 Å². The van der Waals surface area contributed by atoms with Gasteiger partial charge in [-0.05, 0) is 31.3 Å². The van der Waals surface area contributed by atoms with Crippen molar-refractivity contribution >= 4 is 17.4 Å². The molecule has 3 nitrogen and oxygen atoms in total. The third kappa shape index (κ3) is 1.64. The zero-order chi connectivity index (χ0) is 11.8. The molecule has 0 amide bonds. The van der Waals surface area contributed by atoms with Gasteiger partial charge in [-0.25, -0.2) is 0 Å². The van der Waals surface area contributed by atoms with Gasteiger partial charge in [0.2, 0.25) is 0 Å². The molecule has 2 unspecified atom stereocenters. The van der Waals surface area contributed by atoms with E-state index in [-0.39, 0.29) is 6.17 Å². The Morgan fingerprint density at radius 1 is 1.41 bits per heavy atom. The molecule has 17 heavy (non-hydrogen) atoms. The molecule has 0 aromatic carbocycles. The molecule has 0 saturated heterocycles. The Morgan fingerprint density at radius 3 is 3.06 bits per heavy atom. The first-order valence-corrected chi connectivity index (χ1v) is 5.79. The Hall–Kier alpha value is -2.03. The van der Waals surface area contributed by atoms with E-state index in [1.54, 1.807) is 0 Å². The third-order valence-corrected chi connectivity index (χ3v) is 3.25. The fourth-order valence-corrected chi connectivity index (χ4v) is 2.32. The molecular formula is C14H15N3. The molecule has 86 valence electrons. The lowest BCUT2D eigenvalue weighted by atomic mass is 9.96. The molecule has 0 spiro atoms. The van der Waals surface area contributed by atoms with Crippen LogP contribution in [-0.2, 0) is 0 Å². The maximum absolute atomic E-state index is 4.67. The maximum Gasteiger partial charge on any atom is 0.128 e. The zero-order valence-corrected chi connectivity index (χ0v) is 9.77. The Morgan fingerprint density at radius 2 is 2.29 bits per heavy atom. The van der Waals surface area contributed by atoms with Crippen LogP contribution < -0.4 is 5.32 Å². The summed E-state index contributed by atoms with van der Waals surface area (Å²) in [6.45, 7) is 5.81. The molecule has 0 saturated carbocycles. The van der Waals surface area contributed by atoms with Gasteiger partial charge in [0.25, 0.3) is 0 Å². The van der Waals surface area contributed by atoms with Gasteiger partial charge in [0.1, 0.15) is 6.17 Å². The maximum atomic E-state index is 4.67. The first kappa shape index (κ1) is 10.1. The highest BCUT2D eigenvalue weighted by atomic mass is 15.1. The molecular weight excluding hydrogens is 210 g/mol. The average Bonchev–Trinajstić information content (AvgIpc) is 2.94. The minimum absolute atomic E-state index is 0.188. The Bertz CT molecular complexity index is 546. The van der Waals surface area contributed by atoms with E-state index in [1.165, 1.54) is 5.57 Å². The van der Waals surface area contributed by atoms with Crippen molar-refractivity contribution in [3.8, 4) is 0 Å². The third-order valence-electron chi connectivity index (χ3n) is 3.25. The largest absolute Gasteiger partial charge is 0.369 e. The first-order valence-electron chi connectivity index (χ1n) is 5.79. The van der Waals surface area contributed by atoms with Crippen molar-refractivity contribution in [2.45, 2.75) is 13.1 Å². The summed E-state index contributed by atoms with van der Waals surface area (Å²) in [6.07, 6.45) is 8.40. The molecule has 2 atom stereocenters. The predicted molar refractivity (Wildman–Crippen MR) is 71.5 cm³/mol. The molecule has 0 radical (unpaired) electrons. The number of dihydropyridines is 1. The summed E-state index contributed by atoms with van der Waals surface area (Å²) < 4.78 is 0. The second-order valence-corrected chi connectivity index (χ2v) is 4.37. The highest BCUT2D eigenvalue weighted by Crippen LogP contribution is 2.28. The van der Waals surface area contributed by atoms with E-state index in [0.29, 0.717) is 5.92 Å². The van der Waals surface area contributed by atoms with Crippen LogP contribution in [0.4, 0.5) is 0 Å². The summed E-state index contributed by atoms with van der Waals surface area (Å²) in [6, 6.07) is 4.11. The van der Waals surface area contributed by atoms with E-state index >= 15 is 0 Å². The van der Waals surface area contributed by atoms with Gasteiger partial charge in [-0.1, -0.05) is 18.7 Å². The van der Waals surface area contributed by atoms with Crippen LogP contribution in [-0.4, -0.2) is 16.9 Å². The van der Waals surface area contributed by atoms with Gasteiger partial charge >= 0.3 is 0 Å². The first-order chi connectivity index (χ1) is 8.28. The van der Waals surface area contributed by atoms with Crippen LogP contribution >= 0.6 is 0 Å². The van der Waals surface area contributed by atoms with E-state index in [1.807, 2.05) is 18.3 Å². The lowest BCUT2D eigenvalue weighted by Gasteiger charge is -2.21. The summed E-state index contributed by atoms with van der Waals surface area (Å²) in [5, 5.41) is 3.24. The molecule has 2 aliphatic rings. The van der Waals surface area contributed by atoms with Gasteiger partial charge in [-0.2, -0.15) is 0 Å². The summed E-state index contributed by atoms with van der Waals surface area (Å²) in [7, 11) is 0. The van der Waals surface area contributed by atoms with Crippen LogP contribution in [0.15, 0.2) is 42.1 Å². The van der Waals surface area contributed by atoms with Gasteiger partial charge in [0, 0.05) is 28.6 Å². The highest BCUT2D eigenvalue weighted by Gasteiger charge is 2.25. The van der Waals surface area contributed by atoms with Crippen molar-refractivity contribution in [1.29, 1.82) is 0 Å². The standard InChI is InChI=1S/C14H15N3/c1-3-11-4-5-13(17-11)12-8-10-6-7-15-14(10)16-9(12)2/h3-8,10,14-15,17H,1H2,2H3. The lowest BCUT2D eigenvalue weighted by Crippen LogP contribution is -2.28. The number of aromatic nitrogens is 1. The van der Waals surface area contributed by atoms with E-state index in [0.717, 1.165) is 17.1 Å². The van der Waals surface area contributed by atoms with Gasteiger partial charge in [0.05, 0.1) is 0 Å². The highest BCUT2D eigenvalue weighted by molar-refractivity contribution is 6.23. The van der Waals surface area contributed by atoms with Crippen molar-refractivity contribution in [2.24, 2.45) is 10.9 Å². The molecule has 2 aliphatic heterocycles. The average molecular weight is 225 g/mol. The Kier molecular flexibility index (Phi) is 2.25. The fourth-order valence-electron chi connectivity index (χ4n) is 2.32. The quantitative estimate of drug-likeness (QED) is 0.798. The fraction of sp³-hybridized carbons (Fsp3) is 0.214. The van der Waals surface area contributed by atoms with Crippen LogP contribution in [0.25, 0.3) is 11.6 Å². The number of nitrogens with one attached hydrogen (secondary N) is 2. The van der Waals surface area contributed by atoms with Crippen LogP contribution in [0, 0.1) is 5.92 Å². The number of H-pyrrole nitrogens is 1. The smallest absolute Gasteiger partial charge is 0.128 e. The van der Waals surface area contributed by atoms with Gasteiger partial charge in [0.15, 0.2) is 0 Å². The monoisotopic (exact) mass is 225 g/mol. The number of rotatable bonds is 2. The van der Waals surface area contributed by atoms with Crippen LogP contribution in [0.1, 0.15) is 18.3 Å². The number of aliphatic imine (C=N–C) groups is 1. The van der Waals surface area contributed by atoms with Gasteiger partial charge < -0.3 is 10.3 Å². The lowest BCUT2D eigenvalue weighted by molar-refractivity contribution is 0.570. The summed E-state index contributed by atoms with van der Waals surface area (Å²) >= 11 is 0. The molecule has 0 aliphatic carbocycles. The number of fused-ring (bicyclic) bond motifs is 1. The van der Waals surface area contributed by atoms with Crippen molar-refractivity contribution in [3.05, 3.63) is 48.5 Å². The topological polar surface area (TPSA) is 40.2 Å². The van der Waals surface area contributed by atoms with E-state index in [9.17, 15) is 0 Å². The second-order valence-electron chi connectivity index (χ2n) is 4.37. The van der Waals surface area contributed by atoms with E-state index < -0.39 is 0 Å². The van der Waals surface area contributed by atoms with Crippen LogP contribution in [0.2, 0.25) is 0 Å². The Labute approximate surface area is 101 Å².